The Kier molecular flexibility index (Phi) is 4.36. The number of halogens is 3. The minimum Gasteiger partial charge on any atom is -0.340 e. The normalized spacial score (nSPS) is 10.1. The van der Waals surface area contributed by atoms with Crippen molar-refractivity contribution in [3.8, 4) is 0 Å². The van der Waals surface area contributed by atoms with Crippen molar-refractivity contribution in [2.24, 2.45) is 0 Å². The molecule has 82 valence electrons. The first kappa shape index (κ1) is 12.3. The van der Waals surface area contributed by atoms with Gasteiger partial charge >= 0.3 is 0 Å². The van der Waals surface area contributed by atoms with Crippen LogP contribution in [0.3, 0.4) is 0 Å². The lowest BCUT2D eigenvalue weighted by atomic mass is 10.2. The molecule has 0 radical (unpaired) electrons. The summed E-state index contributed by atoms with van der Waals surface area (Å²) in [5.41, 5.74) is 0.640. The second-order valence-corrected chi connectivity index (χ2v) is 3.86. The first-order valence-electron chi connectivity index (χ1n) is 4.28. The molecule has 0 fully saturated rings. The number of amides is 1. The van der Waals surface area contributed by atoms with Gasteiger partial charge in [-0.2, -0.15) is 0 Å². The Morgan fingerprint density at radius 3 is 2.67 bits per heavy atom. The third kappa shape index (κ3) is 3.68. The zero-order chi connectivity index (χ0) is 11.4. The van der Waals surface area contributed by atoms with Crippen LogP contribution in [0, 0.1) is 5.82 Å². The minimum absolute atomic E-state index is 0.0838. The van der Waals surface area contributed by atoms with E-state index in [0.29, 0.717) is 17.1 Å². The van der Waals surface area contributed by atoms with E-state index in [0.717, 1.165) is 0 Å². The molecule has 0 saturated heterocycles. The lowest BCUT2D eigenvalue weighted by Crippen LogP contribution is -2.27. The molecule has 0 aromatic heterocycles. The number of alkyl halides is 1. The smallest absolute Gasteiger partial charge is 0.237 e. The summed E-state index contributed by atoms with van der Waals surface area (Å²) in [7, 11) is 1.60. The summed E-state index contributed by atoms with van der Waals surface area (Å²) >= 11 is 11.1. The molecule has 1 aromatic rings. The van der Waals surface area contributed by atoms with Crippen molar-refractivity contribution in [2.75, 3.05) is 12.9 Å². The van der Waals surface area contributed by atoms with Crippen molar-refractivity contribution in [1.29, 1.82) is 0 Å². The van der Waals surface area contributed by atoms with E-state index in [2.05, 4.69) is 0 Å². The van der Waals surface area contributed by atoms with Crippen LogP contribution in [-0.2, 0) is 11.3 Å². The molecule has 0 aliphatic carbocycles. The fourth-order valence-corrected chi connectivity index (χ4v) is 1.61. The van der Waals surface area contributed by atoms with Crippen LogP contribution < -0.4 is 0 Å². The Balaban J connectivity index is 2.76. The molecule has 0 atom stereocenters. The van der Waals surface area contributed by atoms with E-state index in [4.69, 9.17) is 23.2 Å². The number of hydrogen-bond acceptors (Lipinski definition) is 1. The van der Waals surface area contributed by atoms with Gasteiger partial charge in [-0.15, -0.1) is 11.6 Å². The molecule has 0 N–H and O–H groups in total. The van der Waals surface area contributed by atoms with Crippen molar-refractivity contribution in [2.45, 2.75) is 6.54 Å². The number of rotatable bonds is 3. The summed E-state index contributed by atoms with van der Waals surface area (Å²) in [5, 5.41) is 0.316. The molecule has 0 aliphatic heterocycles. The number of carbonyl (C=O) groups is 1. The first-order chi connectivity index (χ1) is 7.02. The maximum absolute atomic E-state index is 12.9. The van der Waals surface area contributed by atoms with Crippen molar-refractivity contribution >= 4 is 29.1 Å². The van der Waals surface area contributed by atoms with Gasteiger partial charge in [0.05, 0.1) is 0 Å². The summed E-state index contributed by atoms with van der Waals surface area (Å²) in [6.07, 6.45) is 0. The van der Waals surface area contributed by atoms with Crippen molar-refractivity contribution in [1.82, 2.24) is 4.90 Å². The van der Waals surface area contributed by atoms with Crippen LogP contribution >= 0.6 is 23.2 Å². The van der Waals surface area contributed by atoms with E-state index in [9.17, 15) is 9.18 Å². The predicted octanol–water partition coefficient (Wildman–Crippen LogP) is 2.68. The third-order valence-electron chi connectivity index (χ3n) is 1.88. The molecule has 0 saturated carbocycles. The zero-order valence-corrected chi connectivity index (χ0v) is 9.65. The SMILES string of the molecule is CN(Cc1cc(F)cc(Cl)c1)C(=O)CCl. The highest BCUT2D eigenvalue weighted by Gasteiger charge is 2.08. The van der Waals surface area contributed by atoms with E-state index in [-0.39, 0.29) is 11.8 Å². The third-order valence-corrected chi connectivity index (χ3v) is 2.33. The molecule has 0 bridgehead atoms. The average molecular weight is 250 g/mol. The van der Waals surface area contributed by atoms with Gasteiger partial charge in [0.1, 0.15) is 11.7 Å². The van der Waals surface area contributed by atoms with Crippen LogP contribution in [0.5, 0.6) is 0 Å². The van der Waals surface area contributed by atoms with Gasteiger partial charge in [-0.05, 0) is 23.8 Å². The highest BCUT2D eigenvalue weighted by Crippen LogP contribution is 2.15. The standard InChI is InChI=1S/C10H10Cl2FNO/c1-14(10(15)5-11)6-7-2-8(12)4-9(13)3-7/h2-4H,5-6H2,1H3. The van der Waals surface area contributed by atoms with Gasteiger partial charge in [0.15, 0.2) is 0 Å². The first-order valence-corrected chi connectivity index (χ1v) is 5.19. The number of carbonyl (C=O) groups excluding carboxylic acids is 1. The highest BCUT2D eigenvalue weighted by molar-refractivity contribution is 6.30. The molecule has 1 rings (SSSR count). The van der Waals surface area contributed by atoms with Crippen LogP contribution in [0.4, 0.5) is 4.39 Å². The lowest BCUT2D eigenvalue weighted by Gasteiger charge is -2.15. The fourth-order valence-electron chi connectivity index (χ4n) is 1.17. The summed E-state index contributed by atoms with van der Waals surface area (Å²) < 4.78 is 12.9. The quantitative estimate of drug-likeness (QED) is 0.755. The van der Waals surface area contributed by atoms with Crippen molar-refractivity contribution in [3.63, 3.8) is 0 Å². The minimum atomic E-state index is -0.413. The van der Waals surface area contributed by atoms with Gasteiger partial charge < -0.3 is 4.90 Å². The van der Waals surface area contributed by atoms with Crippen LogP contribution in [0.15, 0.2) is 18.2 Å². The van der Waals surface area contributed by atoms with Crippen LogP contribution in [-0.4, -0.2) is 23.7 Å². The van der Waals surface area contributed by atoms with Crippen molar-refractivity contribution < 1.29 is 9.18 Å². The maximum atomic E-state index is 12.9. The number of nitrogens with zero attached hydrogens (tertiary/aromatic N) is 1. The van der Waals surface area contributed by atoms with Gasteiger partial charge in [0.2, 0.25) is 5.91 Å². The number of hydrogen-bond donors (Lipinski definition) is 0. The maximum Gasteiger partial charge on any atom is 0.237 e. The Bertz CT molecular complexity index is 350. The molecule has 1 amide bonds. The van der Waals surface area contributed by atoms with Crippen LogP contribution in [0.25, 0.3) is 0 Å². The van der Waals surface area contributed by atoms with E-state index >= 15 is 0 Å². The van der Waals surface area contributed by atoms with Crippen LogP contribution in [0.2, 0.25) is 5.02 Å². The second kappa shape index (κ2) is 5.33. The number of benzene rings is 1. The molecule has 15 heavy (non-hydrogen) atoms. The summed E-state index contributed by atoms with van der Waals surface area (Å²) in [5.74, 6) is -0.708. The Morgan fingerprint density at radius 2 is 2.13 bits per heavy atom. The summed E-state index contributed by atoms with van der Waals surface area (Å²) in [6.45, 7) is 0.295. The molecule has 0 heterocycles. The van der Waals surface area contributed by atoms with E-state index in [1.54, 1.807) is 13.1 Å². The molecule has 1 aromatic carbocycles. The molecule has 0 spiro atoms. The topological polar surface area (TPSA) is 20.3 Å². The fraction of sp³-hybridized carbons (Fsp3) is 0.300. The van der Waals surface area contributed by atoms with Gasteiger partial charge in [-0.3, -0.25) is 4.79 Å². The van der Waals surface area contributed by atoms with Gasteiger partial charge in [-0.1, -0.05) is 11.6 Å². The van der Waals surface area contributed by atoms with E-state index in [1.165, 1.54) is 17.0 Å². The monoisotopic (exact) mass is 249 g/mol. The Morgan fingerprint density at radius 1 is 1.47 bits per heavy atom. The molecular weight excluding hydrogens is 240 g/mol. The molecular formula is C10H10Cl2FNO. The van der Waals surface area contributed by atoms with E-state index < -0.39 is 5.82 Å². The Hall–Kier alpha value is -0.800. The molecule has 2 nitrogen and oxygen atoms in total. The zero-order valence-electron chi connectivity index (χ0n) is 8.14. The van der Waals surface area contributed by atoms with Gasteiger partial charge in [-0.25, -0.2) is 4.39 Å². The van der Waals surface area contributed by atoms with Gasteiger partial charge in [0.25, 0.3) is 0 Å². The average Bonchev–Trinajstić information content (AvgIpc) is 2.14. The summed E-state index contributed by atoms with van der Waals surface area (Å²) in [4.78, 5) is 12.6. The second-order valence-electron chi connectivity index (χ2n) is 3.16. The molecule has 0 unspecified atom stereocenters. The van der Waals surface area contributed by atoms with E-state index in [1.807, 2.05) is 0 Å². The van der Waals surface area contributed by atoms with Crippen molar-refractivity contribution in [3.05, 3.63) is 34.6 Å². The molecule has 5 heteroatoms. The predicted molar refractivity (Wildman–Crippen MR) is 58.6 cm³/mol. The summed E-state index contributed by atoms with van der Waals surface area (Å²) in [6, 6.07) is 4.17. The van der Waals surface area contributed by atoms with Gasteiger partial charge in [0, 0.05) is 18.6 Å². The molecule has 0 aliphatic rings. The highest BCUT2D eigenvalue weighted by atomic mass is 35.5. The largest absolute Gasteiger partial charge is 0.340 e. The van der Waals surface area contributed by atoms with Crippen LogP contribution in [0.1, 0.15) is 5.56 Å². The lowest BCUT2D eigenvalue weighted by molar-refractivity contribution is -0.127. The Labute approximate surface area is 97.6 Å².